The van der Waals surface area contributed by atoms with Crippen LogP contribution in [0.3, 0.4) is 0 Å². The van der Waals surface area contributed by atoms with Crippen molar-refractivity contribution in [2.45, 2.75) is 103 Å². The van der Waals surface area contributed by atoms with Gasteiger partial charge in [0.25, 0.3) is 0 Å². The second-order valence-electron chi connectivity index (χ2n) is 14.6. The van der Waals surface area contributed by atoms with Crippen LogP contribution in [-0.2, 0) is 20.7 Å². The molecule has 2 aromatic rings. The first kappa shape index (κ1) is 33.3. The van der Waals surface area contributed by atoms with E-state index in [-0.39, 0.29) is 17.9 Å². The minimum atomic E-state index is -4.90. The number of nitrogens with zero attached hydrogens (tertiary/aromatic N) is 3. The van der Waals surface area contributed by atoms with Crippen LogP contribution in [-0.4, -0.2) is 76.8 Å². The van der Waals surface area contributed by atoms with E-state index in [1.165, 1.54) is 7.11 Å². The molecule has 6 rings (SSSR count). The van der Waals surface area contributed by atoms with Crippen molar-refractivity contribution in [3.8, 4) is 11.6 Å². The Morgan fingerprint density at radius 1 is 1.00 bits per heavy atom. The van der Waals surface area contributed by atoms with E-state index in [0.717, 1.165) is 43.9 Å². The average Bonchev–Trinajstić information content (AvgIpc) is 3.50. The number of methoxy groups -OCH3 is 1. The lowest BCUT2D eigenvalue weighted by Crippen LogP contribution is -2.58. The Kier molecular flexibility index (Phi) is 8.80. The molecule has 2 saturated carbocycles. The topological polar surface area (TPSA) is 120 Å². The molecule has 1 N–H and O–H groups in total. The Hall–Kier alpha value is -3.64. The van der Waals surface area contributed by atoms with E-state index < -0.39 is 60.0 Å². The third-order valence-corrected chi connectivity index (χ3v) is 10.3. The van der Waals surface area contributed by atoms with E-state index in [2.05, 4.69) is 10.3 Å². The number of hydrogen-bond donors (Lipinski definition) is 1. The summed E-state index contributed by atoms with van der Waals surface area (Å²) in [7, 11) is 1.50. The number of alkyl halides is 3. The minimum absolute atomic E-state index is 0.0616. The number of nitrogens with one attached hydrogen (secondary N) is 1. The number of amides is 2. The molecule has 13 heteroatoms. The summed E-state index contributed by atoms with van der Waals surface area (Å²) < 4.78 is 61.9. The SMILES string of the molecule is COc1ccc2nc3c(nc2c1)O[C@H]1CN(C(=O)[C@H](C(C)(C)C)NC(=O)O[C@@H]2CC4CC4[C@H]2CCCCC3)[C@H](C(C)=O)[C@@H]1C(F)(F)F. The smallest absolute Gasteiger partial charge is 0.408 e. The fraction of sp³-hybridized carbons (Fsp3) is 0.676. The lowest BCUT2D eigenvalue weighted by atomic mass is 9.85. The highest BCUT2D eigenvalue weighted by Gasteiger charge is 2.61. The largest absolute Gasteiger partial charge is 0.497 e. The van der Waals surface area contributed by atoms with Crippen LogP contribution in [0, 0.1) is 29.1 Å². The number of Topliss-reactive ketones (excluding diaryl/α,β-unsaturated/α-hetero) is 1. The van der Waals surface area contributed by atoms with Gasteiger partial charge in [-0.1, -0.05) is 33.6 Å². The molecule has 3 heterocycles. The molecule has 2 bridgehead atoms. The lowest BCUT2D eigenvalue weighted by Gasteiger charge is -2.36. The summed E-state index contributed by atoms with van der Waals surface area (Å²) in [6.45, 7) is 5.61. The molecule has 8 atom stereocenters. The summed E-state index contributed by atoms with van der Waals surface area (Å²) in [4.78, 5) is 50.7. The number of fused-ring (bicyclic) bond motifs is 7. The fourth-order valence-corrected chi connectivity index (χ4v) is 7.90. The molecule has 47 heavy (non-hydrogen) atoms. The Balaban J connectivity index is 1.41. The summed E-state index contributed by atoms with van der Waals surface area (Å²) in [5.41, 5.74) is 0.419. The number of carbonyl (C=O) groups is 3. The molecule has 1 aromatic heterocycles. The second kappa shape index (κ2) is 12.4. The van der Waals surface area contributed by atoms with Gasteiger partial charge in [0, 0.05) is 6.07 Å². The van der Waals surface area contributed by atoms with E-state index in [0.29, 0.717) is 47.2 Å². The number of aromatic nitrogens is 2. The lowest BCUT2D eigenvalue weighted by molar-refractivity contribution is -0.196. The molecule has 3 fully saturated rings. The summed E-state index contributed by atoms with van der Waals surface area (Å²) in [6.07, 6.45) is -2.00. The zero-order valence-corrected chi connectivity index (χ0v) is 27.4. The van der Waals surface area contributed by atoms with E-state index in [9.17, 15) is 27.6 Å². The van der Waals surface area contributed by atoms with E-state index in [1.54, 1.807) is 39.0 Å². The Morgan fingerprint density at radius 3 is 2.45 bits per heavy atom. The molecule has 4 aliphatic rings. The summed E-state index contributed by atoms with van der Waals surface area (Å²) >= 11 is 0. The number of alkyl carbamates (subject to hydrolysis) is 1. The summed E-state index contributed by atoms with van der Waals surface area (Å²) in [6, 6.07) is 1.98. The first-order chi connectivity index (χ1) is 22.2. The van der Waals surface area contributed by atoms with Crippen LogP contribution in [0.5, 0.6) is 11.6 Å². The van der Waals surface area contributed by atoms with Crippen LogP contribution in [0.1, 0.15) is 71.9 Å². The first-order valence-corrected chi connectivity index (χ1v) is 16.5. The van der Waals surface area contributed by atoms with E-state index >= 15 is 0 Å². The van der Waals surface area contributed by atoms with Crippen molar-refractivity contribution in [3.63, 3.8) is 0 Å². The third-order valence-electron chi connectivity index (χ3n) is 10.3. The quantitative estimate of drug-likeness (QED) is 0.439. The van der Waals surface area contributed by atoms with Gasteiger partial charge in [-0.15, -0.1) is 0 Å². The minimum Gasteiger partial charge on any atom is -0.497 e. The fourth-order valence-electron chi connectivity index (χ4n) is 7.90. The predicted molar refractivity (Wildman–Crippen MR) is 165 cm³/mol. The van der Waals surface area contributed by atoms with Crippen molar-refractivity contribution >= 4 is 28.8 Å². The second-order valence-corrected chi connectivity index (χ2v) is 14.6. The molecule has 0 radical (unpaired) electrons. The van der Waals surface area contributed by atoms with Gasteiger partial charge >= 0.3 is 12.3 Å². The van der Waals surface area contributed by atoms with Crippen LogP contribution in [0.4, 0.5) is 18.0 Å². The Morgan fingerprint density at radius 2 is 1.77 bits per heavy atom. The van der Waals surface area contributed by atoms with Gasteiger partial charge < -0.3 is 24.4 Å². The Bertz CT molecular complexity index is 1540. The van der Waals surface area contributed by atoms with Crippen LogP contribution in [0.25, 0.3) is 11.0 Å². The maximum atomic E-state index is 14.9. The number of aryl methyl sites for hydroxylation is 1. The molecule has 2 aliphatic heterocycles. The maximum absolute atomic E-state index is 14.9. The number of benzene rings is 1. The molecule has 1 saturated heterocycles. The number of halogens is 3. The molecule has 1 aromatic carbocycles. The number of rotatable bonds is 2. The van der Waals surface area contributed by atoms with Gasteiger partial charge in [-0.2, -0.15) is 13.2 Å². The highest BCUT2D eigenvalue weighted by atomic mass is 19.4. The molecular formula is C34H43F3N4O6. The number of carbonyl (C=O) groups excluding carboxylic acids is 3. The molecule has 0 spiro atoms. The van der Waals surface area contributed by atoms with Crippen molar-refractivity contribution in [2.75, 3.05) is 13.7 Å². The van der Waals surface area contributed by atoms with Crippen molar-refractivity contribution < 1.29 is 41.8 Å². The zero-order chi connectivity index (χ0) is 33.8. The van der Waals surface area contributed by atoms with Gasteiger partial charge in [0.05, 0.1) is 24.7 Å². The normalized spacial score (nSPS) is 31.8. The monoisotopic (exact) mass is 660 g/mol. The van der Waals surface area contributed by atoms with E-state index in [1.807, 2.05) is 0 Å². The van der Waals surface area contributed by atoms with Crippen LogP contribution in [0.15, 0.2) is 18.2 Å². The molecule has 256 valence electrons. The maximum Gasteiger partial charge on any atom is 0.408 e. The van der Waals surface area contributed by atoms with Gasteiger partial charge in [0.15, 0.2) is 5.78 Å². The van der Waals surface area contributed by atoms with Gasteiger partial charge in [-0.25, -0.2) is 14.8 Å². The number of ketones is 1. The Labute approximate surface area is 272 Å². The van der Waals surface area contributed by atoms with Crippen LogP contribution in [0.2, 0.25) is 0 Å². The first-order valence-electron chi connectivity index (χ1n) is 16.5. The van der Waals surface area contributed by atoms with Gasteiger partial charge in [0.2, 0.25) is 11.8 Å². The van der Waals surface area contributed by atoms with Crippen molar-refractivity contribution in [3.05, 3.63) is 23.9 Å². The third kappa shape index (κ3) is 6.72. The number of ether oxygens (including phenoxy) is 3. The number of hydrogen-bond acceptors (Lipinski definition) is 8. The van der Waals surface area contributed by atoms with Gasteiger partial charge in [-0.3, -0.25) is 9.59 Å². The van der Waals surface area contributed by atoms with Crippen LogP contribution < -0.4 is 14.8 Å². The molecule has 2 unspecified atom stereocenters. The highest BCUT2D eigenvalue weighted by molar-refractivity contribution is 5.92. The molecular weight excluding hydrogens is 617 g/mol. The summed E-state index contributed by atoms with van der Waals surface area (Å²) in [5, 5.41) is 2.68. The predicted octanol–water partition coefficient (Wildman–Crippen LogP) is 5.65. The highest BCUT2D eigenvalue weighted by Crippen LogP contribution is 2.57. The average molecular weight is 661 g/mol. The molecule has 2 aliphatic carbocycles. The zero-order valence-electron chi connectivity index (χ0n) is 27.4. The molecule has 10 nitrogen and oxygen atoms in total. The summed E-state index contributed by atoms with van der Waals surface area (Å²) in [5.74, 6) is -2.29. The van der Waals surface area contributed by atoms with Crippen LogP contribution >= 0.6 is 0 Å². The van der Waals surface area contributed by atoms with Crippen molar-refractivity contribution in [1.82, 2.24) is 20.2 Å². The van der Waals surface area contributed by atoms with Crippen molar-refractivity contribution in [1.29, 1.82) is 0 Å². The standard InChI is InChI=1S/C34H43F3N4O6/c1-17(42)28-27(34(35,36)37)26-16-41(28)31(43)29(33(2,3)4)40-32(44)47-25-14-18-13-21(18)20(25)9-7-6-8-10-23-30(46-26)39-24-15-19(45-5)11-12-22(24)38-23/h11-12,15,18,20-21,25-29H,6-10,13-14,16H2,1-5H3,(H,40,44)/t18?,20-,21?,25-,26+,27-,28-,29-/m1/s1. The van der Waals surface area contributed by atoms with Gasteiger partial charge in [0.1, 0.15) is 41.7 Å². The van der Waals surface area contributed by atoms with Crippen molar-refractivity contribution in [2.24, 2.45) is 29.1 Å². The molecule has 2 amide bonds. The van der Waals surface area contributed by atoms with Gasteiger partial charge in [-0.05, 0) is 74.3 Å². The van der Waals surface area contributed by atoms with E-state index in [4.69, 9.17) is 19.2 Å².